The molecular weight excluding hydrogens is 294 g/mol. The number of carbonyl (C=O) groups is 2. The van der Waals surface area contributed by atoms with Crippen molar-refractivity contribution in [1.82, 2.24) is 0 Å². The van der Waals surface area contributed by atoms with Crippen LogP contribution in [-0.2, 0) is 19.1 Å². The SMILES string of the molecule is N#CCCC(C(=O)OC1CCCCC1)C(=O)OC1CCCCC1. The predicted octanol–water partition coefficient (Wildman–Crippen LogP) is 3.66. The summed E-state index contributed by atoms with van der Waals surface area (Å²) in [6.07, 6.45) is 10.3. The fraction of sp³-hybridized carbons (Fsp3) is 0.833. The van der Waals surface area contributed by atoms with Crippen molar-refractivity contribution < 1.29 is 19.1 Å². The quantitative estimate of drug-likeness (QED) is 0.551. The van der Waals surface area contributed by atoms with E-state index in [0.29, 0.717) is 0 Å². The topological polar surface area (TPSA) is 76.4 Å². The maximum absolute atomic E-state index is 12.4. The molecule has 0 atom stereocenters. The van der Waals surface area contributed by atoms with Gasteiger partial charge in [0, 0.05) is 6.42 Å². The summed E-state index contributed by atoms with van der Waals surface area (Å²) in [7, 11) is 0. The largest absolute Gasteiger partial charge is 0.462 e. The van der Waals surface area contributed by atoms with Crippen LogP contribution in [0.2, 0.25) is 0 Å². The summed E-state index contributed by atoms with van der Waals surface area (Å²) in [6, 6.07) is 2.00. The van der Waals surface area contributed by atoms with Crippen molar-refractivity contribution in [2.24, 2.45) is 5.92 Å². The molecule has 2 aliphatic rings. The molecule has 0 N–H and O–H groups in total. The Morgan fingerprint density at radius 1 is 0.870 bits per heavy atom. The minimum Gasteiger partial charge on any atom is -0.462 e. The molecule has 2 fully saturated rings. The zero-order valence-electron chi connectivity index (χ0n) is 13.8. The molecule has 0 amide bonds. The van der Waals surface area contributed by atoms with Gasteiger partial charge in [0.25, 0.3) is 0 Å². The molecule has 0 aliphatic heterocycles. The Hall–Kier alpha value is -1.57. The van der Waals surface area contributed by atoms with Gasteiger partial charge in [-0.2, -0.15) is 5.26 Å². The van der Waals surface area contributed by atoms with Gasteiger partial charge in [-0.25, -0.2) is 0 Å². The Morgan fingerprint density at radius 3 is 1.70 bits per heavy atom. The van der Waals surface area contributed by atoms with Crippen molar-refractivity contribution in [2.75, 3.05) is 0 Å². The first-order valence-electron chi connectivity index (χ1n) is 8.98. The van der Waals surface area contributed by atoms with Gasteiger partial charge in [0.15, 0.2) is 5.92 Å². The molecule has 0 bridgehead atoms. The van der Waals surface area contributed by atoms with Gasteiger partial charge in [-0.1, -0.05) is 12.8 Å². The van der Waals surface area contributed by atoms with Gasteiger partial charge in [0.05, 0.1) is 6.07 Å². The van der Waals surface area contributed by atoms with Crippen molar-refractivity contribution >= 4 is 11.9 Å². The number of carbonyl (C=O) groups excluding carboxylic acids is 2. The van der Waals surface area contributed by atoms with E-state index >= 15 is 0 Å². The molecule has 0 heterocycles. The fourth-order valence-corrected chi connectivity index (χ4v) is 3.40. The van der Waals surface area contributed by atoms with Crippen LogP contribution in [0.4, 0.5) is 0 Å². The van der Waals surface area contributed by atoms with Gasteiger partial charge in [-0.05, 0) is 57.8 Å². The first-order valence-corrected chi connectivity index (χ1v) is 8.98. The number of hydrogen-bond acceptors (Lipinski definition) is 5. The van der Waals surface area contributed by atoms with Gasteiger partial charge >= 0.3 is 11.9 Å². The van der Waals surface area contributed by atoms with E-state index in [1.165, 1.54) is 12.8 Å². The molecule has 0 aromatic heterocycles. The number of hydrogen-bond donors (Lipinski definition) is 0. The predicted molar refractivity (Wildman–Crippen MR) is 84.3 cm³/mol. The average molecular weight is 321 g/mol. The highest BCUT2D eigenvalue weighted by molar-refractivity contribution is 5.95. The summed E-state index contributed by atoms with van der Waals surface area (Å²) in [4.78, 5) is 24.7. The molecule has 0 spiro atoms. The molecule has 0 unspecified atom stereocenters. The first kappa shape index (κ1) is 17.8. The van der Waals surface area contributed by atoms with E-state index in [4.69, 9.17) is 14.7 Å². The van der Waals surface area contributed by atoms with Gasteiger partial charge in [-0.3, -0.25) is 9.59 Å². The summed E-state index contributed by atoms with van der Waals surface area (Å²) in [5.41, 5.74) is 0. The smallest absolute Gasteiger partial charge is 0.320 e. The van der Waals surface area contributed by atoms with Crippen LogP contribution in [0.1, 0.15) is 77.0 Å². The highest BCUT2D eigenvalue weighted by Gasteiger charge is 2.33. The minimum absolute atomic E-state index is 0.0803. The van der Waals surface area contributed by atoms with Gasteiger partial charge < -0.3 is 9.47 Å². The molecule has 128 valence electrons. The van der Waals surface area contributed by atoms with E-state index in [0.717, 1.165) is 51.4 Å². The summed E-state index contributed by atoms with van der Waals surface area (Å²) >= 11 is 0. The zero-order chi connectivity index (χ0) is 16.5. The number of nitriles is 1. The van der Waals surface area contributed by atoms with E-state index in [1.54, 1.807) is 0 Å². The van der Waals surface area contributed by atoms with Gasteiger partial charge in [0.2, 0.25) is 0 Å². The zero-order valence-corrected chi connectivity index (χ0v) is 13.8. The first-order chi connectivity index (χ1) is 11.2. The molecule has 0 saturated heterocycles. The molecular formula is C18H27NO4. The number of esters is 2. The maximum atomic E-state index is 12.4. The molecule has 5 nitrogen and oxygen atoms in total. The van der Waals surface area contributed by atoms with Gasteiger partial charge in [-0.15, -0.1) is 0 Å². The van der Waals surface area contributed by atoms with Crippen LogP contribution in [0.3, 0.4) is 0 Å². The lowest BCUT2D eigenvalue weighted by molar-refractivity contribution is -0.170. The second-order valence-corrected chi connectivity index (χ2v) is 6.64. The Kier molecular flexibility index (Phi) is 7.38. The summed E-state index contributed by atoms with van der Waals surface area (Å²) in [6.45, 7) is 0. The third kappa shape index (κ3) is 5.85. The van der Waals surface area contributed by atoms with Crippen molar-refractivity contribution in [3.05, 3.63) is 0 Å². The van der Waals surface area contributed by atoms with E-state index in [2.05, 4.69) is 0 Å². The lowest BCUT2D eigenvalue weighted by Gasteiger charge is -2.26. The third-order valence-electron chi connectivity index (χ3n) is 4.78. The van der Waals surface area contributed by atoms with Crippen LogP contribution < -0.4 is 0 Å². The fourth-order valence-electron chi connectivity index (χ4n) is 3.40. The average Bonchev–Trinajstić information content (AvgIpc) is 2.57. The van der Waals surface area contributed by atoms with Crippen molar-refractivity contribution in [3.63, 3.8) is 0 Å². The number of ether oxygens (including phenoxy) is 2. The molecule has 0 radical (unpaired) electrons. The molecule has 0 aromatic carbocycles. The summed E-state index contributed by atoms with van der Waals surface area (Å²) < 4.78 is 11.0. The Balaban J connectivity index is 1.89. The Bertz CT molecular complexity index is 399. The van der Waals surface area contributed by atoms with Gasteiger partial charge in [0.1, 0.15) is 12.2 Å². The maximum Gasteiger partial charge on any atom is 0.320 e. The van der Waals surface area contributed by atoms with Crippen LogP contribution in [0.25, 0.3) is 0 Å². The van der Waals surface area contributed by atoms with Crippen LogP contribution >= 0.6 is 0 Å². The molecule has 2 aliphatic carbocycles. The molecule has 0 aromatic rings. The Labute approximate surface area is 138 Å². The van der Waals surface area contributed by atoms with Crippen molar-refractivity contribution in [1.29, 1.82) is 5.26 Å². The van der Waals surface area contributed by atoms with Crippen LogP contribution in [0.15, 0.2) is 0 Å². The second-order valence-electron chi connectivity index (χ2n) is 6.64. The highest BCUT2D eigenvalue weighted by atomic mass is 16.6. The van der Waals surface area contributed by atoms with E-state index in [1.807, 2.05) is 6.07 Å². The number of rotatable bonds is 6. The lowest BCUT2D eigenvalue weighted by atomic mass is 9.96. The van der Waals surface area contributed by atoms with Crippen LogP contribution in [-0.4, -0.2) is 24.1 Å². The van der Waals surface area contributed by atoms with Crippen molar-refractivity contribution in [3.8, 4) is 6.07 Å². The Morgan fingerprint density at radius 2 is 1.30 bits per heavy atom. The monoisotopic (exact) mass is 321 g/mol. The second kappa shape index (κ2) is 9.54. The van der Waals surface area contributed by atoms with E-state index in [-0.39, 0.29) is 25.0 Å². The highest BCUT2D eigenvalue weighted by Crippen LogP contribution is 2.25. The molecule has 2 rings (SSSR count). The summed E-state index contributed by atoms with van der Waals surface area (Å²) in [5.74, 6) is -1.96. The molecule has 23 heavy (non-hydrogen) atoms. The van der Waals surface area contributed by atoms with E-state index in [9.17, 15) is 9.59 Å². The van der Waals surface area contributed by atoms with E-state index < -0.39 is 17.9 Å². The van der Waals surface area contributed by atoms with Crippen LogP contribution in [0, 0.1) is 17.2 Å². The third-order valence-corrected chi connectivity index (χ3v) is 4.78. The van der Waals surface area contributed by atoms with Crippen molar-refractivity contribution in [2.45, 2.75) is 89.3 Å². The minimum atomic E-state index is -0.946. The lowest BCUT2D eigenvalue weighted by Crippen LogP contribution is -2.34. The standard InChI is InChI=1S/C18H27NO4/c19-13-7-12-16(17(20)22-14-8-3-1-4-9-14)18(21)23-15-10-5-2-6-11-15/h14-16H,1-12H2. The van der Waals surface area contributed by atoms with Crippen LogP contribution in [0.5, 0.6) is 0 Å². The normalized spacial score (nSPS) is 20.0. The number of nitrogens with zero attached hydrogens (tertiary/aromatic N) is 1. The molecule has 5 heteroatoms. The molecule has 2 saturated carbocycles. The summed E-state index contributed by atoms with van der Waals surface area (Å²) in [5, 5.41) is 8.77.